The summed E-state index contributed by atoms with van der Waals surface area (Å²) in [6.07, 6.45) is 0. The summed E-state index contributed by atoms with van der Waals surface area (Å²) in [6.45, 7) is 4.37. The van der Waals surface area contributed by atoms with Crippen LogP contribution in [0.25, 0.3) is 0 Å². The van der Waals surface area contributed by atoms with E-state index in [1.54, 1.807) is 28.9 Å². The number of carbonyl (C=O) groups excluding carboxylic acids is 2. The smallest absolute Gasteiger partial charge is 0.273 e. The third-order valence-corrected chi connectivity index (χ3v) is 3.31. The predicted molar refractivity (Wildman–Crippen MR) is 81.2 cm³/mol. The van der Waals surface area contributed by atoms with E-state index in [1.165, 1.54) is 0 Å². The molecule has 7 heteroatoms. The van der Waals surface area contributed by atoms with Gasteiger partial charge in [0, 0.05) is 18.3 Å². The fourth-order valence-electron chi connectivity index (χ4n) is 2.32. The predicted octanol–water partition coefficient (Wildman–Crippen LogP) is 1.79. The number of rotatable bonds is 3. The molecule has 2 heterocycles. The standard InChI is InChI=1S/C15H16N4O3/c1-3-19-12(6-9(2)18-19)15(21)16-10-4-5-11-13(7-10)22-8-14(20)17-11/h4-7H,3,8H2,1-2H3,(H,16,21)(H,17,20). The van der Waals surface area contributed by atoms with Crippen molar-refractivity contribution in [3.05, 3.63) is 35.7 Å². The molecule has 1 aromatic carbocycles. The van der Waals surface area contributed by atoms with Crippen LogP contribution in [0.3, 0.4) is 0 Å². The zero-order valence-corrected chi connectivity index (χ0v) is 12.3. The number of hydrogen-bond donors (Lipinski definition) is 2. The van der Waals surface area contributed by atoms with Crippen LogP contribution in [-0.2, 0) is 11.3 Å². The number of nitrogens with zero attached hydrogens (tertiary/aromatic N) is 2. The number of ether oxygens (including phenoxy) is 1. The van der Waals surface area contributed by atoms with Crippen molar-refractivity contribution >= 4 is 23.2 Å². The third-order valence-electron chi connectivity index (χ3n) is 3.31. The number of hydrogen-bond acceptors (Lipinski definition) is 4. The minimum absolute atomic E-state index is 0.0216. The van der Waals surface area contributed by atoms with E-state index >= 15 is 0 Å². The van der Waals surface area contributed by atoms with Gasteiger partial charge in [0.2, 0.25) is 0 Å². The summed E-state index contributed by atoms with van der Waals surface area (Å²) in [5, 5.41) is 9.77. The Bertz CT molecular complexity index is 751. The maximum absolute atomic E-state index is 12.3. The summed E-state index contributed by atoms with van der Waals surface area (Å²) >= 11 is 0. The molecule has 0 saturated carbocycles. The quantitative estimate of drug-likeness (QED) is 0.905. The van der Waals surface area contributed by atoms with Gasteiger partial charge in [-0.05, 0) is 32.0 Å². The first kappa shape index (κ1) is 14.1. The Hall–Kier alpha value is -2.83. The van der Waals surface area contributed by atoms with Gasteiger partial charge in [-0.3, -0.25) is 14.3 Å². The first-order chi connectivity index (χ1) is 10.6. The number of aryl methyl sites for hydroxylation is 2. The number of carbonyl (C=O) groups is 2. The lowest BCUT2D eigenvalue weighted by Gasteiger charge is -2.18. The lowest BCUT2D eigenvalue weighted by Crippen LogP contribution is -2.25. The maximum Gasteiger partial charge on any atom is 0.273 e. The van der Waals surface area contributed by atoms with E-state index in [2.05, 4.69) is 15.7 Å². The summed E-state index contributed by atoms with van der Waals surface area (Å²) in [7, 11) is 0. The Labute approximate surface area is 127 Å². The first-order valence-electron chi connectivity index (χ1n) is 6.99. The highest BCUT2D eigenvalue weighted by Crippen LogP contribution is 2.30. The van der Waals surface area contributed by atoms with Crippen LogP contribution in [0.4, 0.5) is 11.4 Å². The van der Waals surface area contributed by atoms with Gasteiger partial charge in [-0.15, -0.1) is 0 Å². The molecule has 2 aromatic rings. The first-order valence-corrected chi connectivity index (χ1v) is 6.99. The average Bonchev–Trinajstić information content (AvgIpc) is 2.88. The fraction of sp³-hybridized carbons (Fsp3) is 0.267. The van der Waals surface area contributed by atoms with E-state index in [9.17, 15) is 9.59 Å². The molecule has 0 fully saturated rings. The Kier molecular flexibility index (Phi) is 3.54. The molecule has 0 unspecified atom stereocenters. The van der Waals surface area contributed by atoms with E-state index in [0.29, 0.717) is 29.4 Å². The molecule has 7 nitrogen and oxygen atoms in total. The van der Waals surface area contributed by atoms with Crippen molar-refractivity contribution in [3.8, 4) is 5.75 Å². The van der Waals surface area contributed by atoms with Crippen molar-refractivity contribution in [2.45, 2.75) is 20.4 Å². The van der Waals surface area contributed by atoms with Crippen LogP contribution in [-0.4, -0.2) is 28.2 Å². The summed E-state index contributed by atoms with van der Waals surface area (Å²) in [4.78, 5) is 23.6. The summed E-state index contributed by atoms with van der Waals surface area (Å²) in [5.41, 5.74) is 2.50. The Balaban J connectivity index is 1.81. The van der Waals surface area contributed by atoms with Crippen LogP contribution in [0.5, 0.6) is 5.75 Å². The van der Waals surface area contributed by atoms with Crippen molar-refractivity contribution in [1.29, 1.82) is 0 Å². The van der Waals surface area contributed by atoms with Crippen molar-refractivity contribution in [1.82, 2.24) is 9.78 Å². The normalized spacial score (nSPS) is 13.1. The van der Waals surface area contributed by atoms with Gasteiger partial charge in [0.25, 0.3) is 11.8 Å². The zero-order valence-electron chi connectivity index (χ0n) is 12.3. The van der Waals surface area contributed by atoms with Crippen LogP contribution in [0.15, 0.2) is 24.3 Å². The highest BCUT2D eigenvalue weighted by Gasteiger charge is 2.18. The highest BCUT2D eigenvalue weighted by atomic mass is 16.5. The minimum Gasteiger partial charge on any atom is -0.482 e. The molecular formula is C15H16N4O3. The van der Waals surface area contributed by atoms with Gasteiger partial charge in [-0.2, -0.15) is 5.10 Å². The van der Waals surface area contributed by atoms with E-state index in [0.717, 1.165) is 5.69 Å². The summed E-state index contributed by atoms with van der Waals surface area (Å²) < 4.78 is 6.98. The second-order valence-corrected chi connectivity index (χ2v) is 4.99. The van der Waals surface area contributed by atoms with Gasteiger partial charge in [-0.25, -0.2) is 0 Å². The van der Waals surface area contributed by atoms with Crippen LogP contribution in [0.1, 0.15) is 23.1 Å². The molecule has 2 N–H and O–H groups in total. The van der Waals surface area contributed by atoms with Gasteiger partial charge in [0.15, 0.2) is 6.61 Å². The number of fused-ring (bicyclic) bond motifs is 1. The lowest BCUT2D eigenvalue weighted by molar-refractivity contribution is -0.118. The van der Waals surface area contributed by atoms with Gasteiger partial charge >= 0.3 is 0 Å². The molecule has 2 amide bonds. The molecule has 0 bridgehead atoms. The van der Waals surface area contributed by atoms with Gasteiger partial charge in [0.05, 0.1) is 11.4 Å². The molecule has 22 heavy (non-hydrogen) atoms. The fourth-order valence-corrected chi connectivity index (χ4v) is 2.32. The van der Waals surface area contributed by atoms with E-state index in [1.807, 2.05) is 13.8 Å². The van der Waals surface area contributed by atoms with Crippen LogP contribution >= 0.6 is 0 Å². The summed E-state index contributed by atoms with van der Waals surface area (Å²) in [6, 6.07) is 6.84. The molecule has 0 atom stereocenters. The van der Waals surface area contributed by atoms with Crippen LogP contribution < -0.4 is 15.4 Å². The monoisotopic (exact) mass is 300 g/mol. The molecule has 1 aliphatic heterocycles. The molecule has 1 aromatic heterocycles. The van der Waals surface area contributed by atoms with Crippen molar-refractivity contribution in [2.75, 3.05) is 17.2 Å². The number of aromatic nitrogens is 2. The molecule has 0 spiro atoms. The van der Waals surface area contributed by atoms with Crippen molar-refractivity contribution in [3.63, 3.8) is 0 Å². The molecule has 0 radical (unpaired) electrons. The van der Waals surface area contributed by atoms with Gasteiger partial charge in [-0.1, -0.05) is 0 Å². The molecular weight excluding hydrogens is 284 g/mol. The third kappa shape index (κ3) is 2.65. The minimum atomic E-state index is -0.234. The maximum atomic E-state index is 12.3. The second kappa shape index (κ2) is 5.51. The number of anilines is 2. The zero-order chi connectivity index (χ0) is 15.7. The van der Waals surface area contributed by atoms with E-state index in [-0.39, 0.29) is 18.4 Å². The topological polar surface area (TPSA) is 85.2 Å². The Morgan fingerprint density at radius 1 is 1.45 bits per heavy atom. The van der Waals surface area contributed by atoms with Crippen molar-refractivity contribution < 1.29 is 14.3 Å². The highest BCUT2D eigenvalue weighted by molar-refractivity contribution is 6.04. The molecule has 0 aliphatic carbocycles. The number of nitrogens with one attached hydrogen (secondary N) is 2. The number of amides is 2. The second-order valence-electron chi connectivity index (χ2n) is 4.99. The Morgan fingerprint density at radius 3 is 3.05 bits per heavy atom. The van der Waals surface area contributed by atoms with Crippen molar-refractivity contribution in [2.24, 2.45) is 0 Å². The molecule has 1 aliphatic rings. The van der Waals surface area contributed by atoms with E-state index < -0.39 is 0 Å². The molecule has 114 valence electrons. The lowest BCUT2D eigenvalue weighted by atomic mass is 10.2. The van der Waals surface area contributed by atoms with Gasteiger partial charge < -0.3 is 15.4 Å². The van der Waals surface area contributed by atoms with Gasteiger partial charge in [0.1, 0.15) is 11.4 Å². The molecule has 0 saturated heterocycles. The van der Waals surface area contributed by atoms with Crippen LogP contribution in [0, 0.1) is 6.92 Å². The SMILES string of the molecule is CCn1nc(C)cc1C(=O)Nc1ccc2c(c1)OCC(=O)N2. The largest absolute Gasteiger partial charge is 0.482 e. The van der Waals surface area contributed by atoms with Crippen LogP contribution in [0.2, 0.25) is 0 Å². The van der Waals surface area contributed by atoms with E-state index in [4.69, 9.17) is 4.74 Å². The Morgan fingerprint density at radius 2 is 2.27 bits per heavy atom. The summed E-state index contributed by atoms with van der Waals surface area (Å²) in [5.74, 6) is 0.117. The number of benzene rings is 1. The average molecular weight is 300 g/mol. The molecule has 3 rings (SSSR count).